The van der Waals surface area contributed by atoms with Crippen LogP contribution in [0.25, 0.3) is 10.8 Å². The third-order valence-electron chi connectivity index (χ3n) is 4.35. The molecular weight excluding hydrogens is 336 g/mol. The molecule has 1 unspecified atom stereocenters. The van der Waals surface area contributed by atoms with Crippen LogP contribution in [0, 0.1) is 0 Å². The maximum atomic E-state index is 5.84. The Bertz CT molecular complexity index is 912. The molecule has 0 radical (unpaired) electrons. The summed E-state index contributed by atoms with van der Waals surface area (Å²) in [4.78, 5) is 7.93. The molecular formula is C23H26N2O2. The smallest absolute Gasteiger partial charge is 0.137 e. The van der Waals surface area contributed by atoms with Crippen LogP contribution in [0.1, 0.15) is 18.1 Å². The van der Waals surface area contributed by atoms with Crippen LogP contribution >= 0.6 is 0 Å². The van der Waals surface area contributed by atoms with E-state index in [0.717, 1.165) is 34.5 Å². The predicted octanol–water partition coefficient (Wildman–Crippen LogP) is 4.57. The van der Waals surface area contributed by atoms with Crippen molar-refractivity contribution >= 4 is 16.5 Å². The van der Waals surface area contributed by atoms with Crippen LogP contribution in [-0.2, 0) is 4.84 Å². The molecule has 0 saturated heterocycles. The van der Waals surface area contributed by atoms with Gasteiger partial charge in [-0.05, 0) is 56.1 Å². The fraction of sp³-hybridized carbons (Fsp3) is 0.261. The molecule has 0 heterocycles. The van der Waals surface area contributed by atoms with E-state index in [1.165, 1.54) is 5.39 Å². The van der Waals surface area contributed by atoms with E-state index < -0.39 is 0 Å². The summed E-state index contributed by atoms with van der Waals surface area (Å²) in [6, 6.07) is 22.5. The van der Waals surface area contributed by atoms with Crippen molar-refractivity contribution in [2.24, 2.45) is 5.16 Å². The SMILES string of the molecule is COc1ccc(C(=NOC(C)CN(C)C)c2cccc3ccccc23)cc1. The highest BCUT2D eigenvalue weighted by molar-refractivity contribution is 6.19. The molecule has 3 aromatic carbocycles. The van der Waals surface area contributed by atoms with Crippen molar-refractivity contribution in [3.63, 3.8) is 0 Å². The maximum Gasteiger partial charge on any atom is 0.137 e. The van der Waals surface area contributed by atoms with Gasteiger partial charge in [0.05, 0.1) is 7.11 Å². The van der Waals surface area contributed by atoms with Crippen molar-refractivity contribution in [3.8, 4) is 5.75 Å². The molecule has 0 aromatic heterocycles. The van der Waals surface area contributed by atoms with Crippen LogP contribution in [0.2, 0.25) is 0 Å². The van der Waals surface area contributed by atoms with Gasteiger partial charge in [-0.25, -0.2) is 0 Å². The van der Waals surface area contributed by atoms with Crippen LogP contribution < -0.4 is 4.74 Å². The number of oxime groups is 1. The van der Waals surface area contributed by atoms with E-state index in [2.05, 4.69) is 40.4 Å². The van der Waals surface area contributed by atoms with Gasteiger partial charge in [0.1, 0.15) is 17.6 Å². The van der Waals surface area contributed by atoms with Gasteiger partial charge in [0.25, 0.3) is 0 Å². The summed E-state index contributed by atoms with van der Waals surface area (Å²) in [6.07, 6.45) is -0.0109. The van der Waals surface area contributed by atoms with Gasteiger partial charge >= 0.3 is 0 Å². The zero-order valence-corrected chi connectivity index (χ0v) is 16.3. The molecule has 1 atom stereocenters. The van der Waals surface area contributed by atoms with E-state index in [4.69, 9.17) is 9.57 Å². The molecule has 0 aliphatic heterocycles. The van der Waals surface area contributed by atoms with Gasteiger partial charge in [-0.15, -0.1) is 0 Å². The third-order valence-corrected chi connectivity index (χ3v) is 4.35. The number of benzene rings is 3. The van der Waals surface area contributed by atoms with Crippen molar-refractivity contribution in [2.45, 2.75) is 13.0 Å². The molecule has 3 aromatic rings. The lowest BCUT2D eigenvalue weighted by molar-refractivity contribution is 0.0537. The second-order valence-electron chi connectivity index (χ2n) is 6.87. The Labute approximate surface area is 161 Å². The highest BCUT2D eigenvalue weighted by atomic mass is 16.6. The summed E-state index contributed by atoms with van der Waals surface area (Å²) in [5.74, 6) is 0.818. The minimum absolute atomic E-state index is 0.0109. The van der Waals surface area contributed by atoms with E-state index in [1.807, 2.05) is 57.4 Å². The van der Waals surface area contributed by atoms with Gasteiger partial charge < -0.3 is 14.5 Å². The first kappa shape index (κ1) is 18.9. The summed E-state index contributed by atoms with van der Waals surface area (Å²) >= 11 is 0. The molecule has 0 aliphatic rings. The molecule has 4 nitrogen and oxygen atoms in total. The average molecular weight is 362 g/mol. The lowest BCUT2D eigenvalue weighted by Crippen LogP contribution is -2.25. The molecule has 0 amide bonds. The Hall–Kier alpha value is -2.85. The van der Waals surface area contributed by atoms with Crippen molar-refractivity contribution in [3.05, 3.63) is 77.9 Å². The Kier molecular flexibility index (Phi) is 6.09. The number of methoxy groups -OCH3 is 1. The number of ether oxygens (including phenoxy) is 1. The van der Waals surface area contributed by atoms with Crippen molar-refractivity contribution in [1.82, 2.24) is 4.90 Å². The van der Waals surface area contributed by atoms with E-state index in [-0.39, 0.29) is 6.10 Å². The summed E-state index contributed by atoms with van der Waals surface area (Å²) in [5.41, 5.74) is 2.86. The van der Waals surface area contributed by atoms with Crippen LogP contribution in [0.4, 0.5) is 0 Å². The molecule has 0 aliphatic carbocycles. The monoisotopic (exact) mass is 362 g/mol. The third kappa shape index (κ3) is 4.66. The second-order valence-corrected chi connectivity index (χ2v) is 6.87. The molecule has 0 saturated carbocycles. The normalized spacial score (nSPS) is 13.0. The highest BCUT2D eigenvalue weighted by Crippen LogP contribution is 2.23. The Balaban J connectivity index is 2.05. The van der Waals surface area contributed by atoms with E-state index in [0.29, 0.717) is 0 Å². The number of hydrogen-bond acceptors (Lipinski definition) is 4. The second kappa shape index (κ2) is 8.69. The minimum Gasteiger partial charge on any atom is -0.497 e. The molecule has 4 heteroatoms. The largest absolute Gasteiger partial charge is 0.497 e. The Morgan fingerprint density at radius 2 is 1.67 bits per heavy atom. The van der Waals surface area contributed by atoms with Gasteiger partial charge in [-0.3, -0.25) is 0 Å². The summed E-state index contributed by atoms with van der Waals surface area (Å²) in [6.45, 7) is 2.83. The molecule has 0 N–H and O–H groups in total. The summed E-state index contributed by atoms with van der Waals surface area (Å²) in [5, 5.41) is 6.90. The summed E-state index contributed by atoms with van der Waals surface area (Å²) < 4.78 is 5.29. The quantitative estimate of drug-likeness (QED) is 0.456. The van der Waals surface area contributed by atoms with Gasteiger partial charge in [0, 0.05) is 17.7 Å². The number of likely N-dealkylation sites (N-methyl/N-ethyl adjacent to an activating group) is 1. The zero-order valence-electron chi connectivity index (χ0n) is 16.3. The molecule has 0 fully saturated rings. The standard InChI is InChI=1S/C23H26N2O2/c1-17(16-25(2)3)27-24-23(19-12-14-20(26-4)15-13-19)22-11-7-9-18-8-5-6-10-21(18)22/h5-15,17H,16H2,1-4H3. The molecule has 0 spiro atoms. The molecule has 140 valence electrons. The fourth-order valence-corrected chi connectivity index (χ4v) is 3.13. The Morgan fingerprint density at radius 3 is 2.37 bits per heavy atom. The number of fused-ring (bicyclic) bond motifs is 1. The number of rotatable bonds is 7. The van der Waals surface area contributed by atoms with Crippen LogP contribution in [0.15, 0.2) is 71.9 Å². The Morgan fingerprint density at radius 1 is 0.963 bits per heavy atom. The van der Waals surface area contributed by atoms with Crippen LogP contribution in [-0.4, -0.2) is 44.5 Å². The number of nitrogens with zero attached hydrogens (tertiary/aromatic N) is 2. The fourth-order valence-electron chi connectivity index (χ4n) is 3.13. The van der Waals surface area contributed by atoms with Crippen LogP contribution in [0.5, 0.6) is 5.75 Å². The van der Waals surface area contributed by atoms with E-state index >= 15 is 0 Å². The van der Waals surface area contributed by atoms with Crippen molar-refractivity contribution < 1.29 is 9.57 Å². The van der Waals surface area contributed by atoms with Crippen molar-refractivity contribution in [1.29, 1.82) is 0 Å². The lowest BCUT2D eigenvalue weighted by atomic mass is 9.96. The molecule has 3 rings (SSSR count). The lowest BCUT2D eigenvalue weighted by Gasteiger charge is -2.17. The molecule has 27 heavy (non-hydrogen) atoms. The minimum atomic E-state index is -0.0109. The van der Waals surface area contributed by atoms with E-state index in [9.17, 15) is 0 Å². The van der Waals surface area contributed by atoms with E-state index in [1.54, 1.807) is 7.11 Å². The van der Waals surface area contributed by atoms with Gasteiger partial charge in [0.15, 0.2) is 0 Å². The topological polar surface area (TPSA) is 34.1 Å². The molecule has 0 bridgehead atoms. The van der Waals surface area contributed by atoms with Crippen LogP contribution in [0.3, 0.4) is 0 Å². The predicted molar refractivity (Wildman–Crippen MR) is 112 cm³/mol. The van der Waals surface area contributed by atoms with Gasteiger partial charge in [-0.2, -0.15) is 0 Å². The first-order valence-corrected chi connectivity index (χ1v) is 9.09. The first-order valence-electron chi connectivity index (χ1n) is 9.09. The summed E-state index contributed by atoms with van der Waals surface area (Å²) in [7, 11) is 5.72. The first-order chi connectivity index (χ1) is 13.1. The number of hydrogen-bond donors (Lipinski definition) is 0. The van der Waals surface area contributed by atoms with Crippen molar-refractivity contribution in [2.75, 3.05) is 27.7 Å². The highest BCUT2D eigenvalue weighted by Gasteiger charge is 2.13. The zero-order chi connectivity index (χ0) is 19.2. The van der Waals surface area contributed by atoms with Gasteiger partial charge in [-0.1, -0.05) is 47.6 Å². The average Bonchev–Trinajstić information content (AvgIpc) is 2.68. The van der Waals surface area contributed by atoms with Gasteiger partial charge in [0.2, 0.25) is 0 Å². The maximum absolute atomic E-state index is 5.84.